The summed E-state index contributed by atoms with van der Waals surface area (Å²) in [6.45, 7) is 0.968. The van der Waals surface area contributed by atoms with Gasteiger partial charge < -0.3 is 14.4 Å². The zero-order valence-electron chi connectivity index (χ0n) is 24.6. The van der Waals surface area contributed by atoms with Crippen molar-refractivity contribution in [2.45, 2.75) is 17.7 Å². The number of hydrogen-bond donors (Lipinski definition) is 0. The average molecular weight is 624 g/mol. The molecule has 0 aliphatic rings. The molecule has 0 N–H and O–H groups in total. The van der Waals surface area contributed by atoms with Gasteiger partial charge in [0.05, 0.1) is 46.2 Å². The molecule has 0 saturated heterocycles. The van der Waals surface area contributed by atoms with E-state index in [1.165, 1.54) is 12.1 Å². The predicted molar refractivity (Wildman–Crippen MR) is 173 cm³/mol. The van der Waals surface area contributed by atoms with Gasteiger partial charge in [-0.2, -0.15) is 10.2 Å². The Hall–Kier alpha value is -5.27. The summed E-state index contributed by atoms with van der Waals surface area (Å²) >= 11 is 0. The molecule has 0 unspecified atom stereocenters. The summed E-state index contributed by atoms with van der Waals surface area (Å²) in [6.07, 6.45) is 6.03. The molecule has 0 aromatic heterocycles. The average Bonchev–Trinajstić information content (AvgIpc) is 3.08. The highest BCUT2D eigenvalue weighted by Crippen LogP contribution is 2.24. The molecule has 0 fully saturated rings. The molecule has 0 aliphatic carbocycles. The lowest BCUT2D eigenvalue weighted by molar-refractivity contribution is 0.0504. The Kier molecular flexibility index (Phi) is 12.0. The van der Waals surface area contributed by atoms with Crippen LogP contribution in [0.2, 0.25) is 0 Å². The SMILES string of the molecule is C#CCCCS(=O)(=O)c1ccc(N=Nc2ccc(N(CCOC(=O)c3ccccc3)CCOC(=O)c3ccccc3)cc2)cc1. The van der Waals surface area contributed by atoms with Gasteiger partial charge in [-0.15, -0.1) is 12.3 Å². The Morgan fingerprint density at radius 3 is 1.62 bits per heavy atom. The maximum atomic E-state index is 12.4. The molecule has 4 rings (SSSR count). The van der Waals surface area contributed by atoms with Gasteiger partial charge in [0, 0.05) is 12.1 Å². The van der Waals surface area contributed by atoms with E-state index >= 15 is 0 Å². The molecule has 0 saturated carbocycles. The third kappa shape index (κ3) is 10.2. The normalized spacial score (nSPS) is 11.1. The number of terminal acetylenes is 1. The van der Waals surface area contributed by atoms with E-state index < -0.39 is 21.8 Å². The first-order chi connectivity index (χ1) is 21.9. The highest BCUT2D eigenvalue weighted by Gasteiger charge is 2.14. The molecule has 0 radical (unpaired) electrons. The van der Waals surface area contributed by atoms with E-state index in [1.807, 2.05) is 29.2 Å². The van der Waals surface area contributed by atoms with Crippen molar-refractivity contribution in [1.29, 1.82) is 0 Å². The quantitative estimate of drug-likeness (QED) is 0.0618. The van der Waals surface area contributed by atoms with Crippen LogP contribution in [0.1, 0.15) is 33.6 Å². The van der Waals surface area contributed by atoms with Gasteiger partial charge in [-0.3, -0.25) is 0 Å². The number of rotatable bonds is 15. The van der Waals surface area contributed by atoms with Crippen molar-refractivity contribution in [3.8, 4) is 12.3 Å². The molecular weight excluding hydrogens is 590 g/mol. The summed E-state index contributed by atoms with van der Waals surface area (Å²) in [6, 6.07) is 31.0. The second-order valence-corrected chi connectivity index (χ2v) is 11.9. The Bertz CT molecular complexity index is 1660. The van der Waals surface area contributed by atoms with Gasteiger partial charge in [-0.05, 0) is 79.2 Å². The van der Waals surface area contributed by atoms with E-state index in [0.29, 0.717) is 48.4 Å². The van der Waals surface area contributed by atoms with Gasteiger partial charge in [-0.1, -0.05) is 36.4 Å². The third-order valence-electron chi connectivity index (χ3n) is 6.63. The van der Waals surface area contributed by atoms with Gasteiger partial charge in [0.1, 0.15) is 13.2 Å². The number of anilines is 1. The zero-order chi connectivity index (χ0) is 31.9. The second kappa shape index (κ2) is 16.5. The number of esters is 2. The van der Waals surface area contributed by atoms with E-state index in [-0.39, 0.29) is 23.9 Å². The predicted octanol–water partition coefficient (Wildman–Crippen LogP) is 6.81. The van der Waals surface area contributed by atoms with Crippen LogP contribution < -0.4 is 4.90 Å². The summed E-state index contributed by atoms with van der Waals surface area (Å²) in [4.78, 5) is 27.0. The van der Waals surface area contributed by atoms with Crippen molar-refractivity contribution < 1.29 is 27.5 Å². The number of carbonyl (C=O) groups excluding carboxylic acids is 2. The number of carbonyl (C=O) groups is 2. The van der Waals surface area contributed by atoms with Crippen LogP contribution in [0.4, 0.5) is 17.1 Å². The Labute approximate surface area is 263 Å². The van der Waals surface area contributed by atoms with Crippen molar-refractivity contribution in [3.05, 3.63) is 120 Å². The molecule has 0 spiro atoms. The van der Waals surface area contributed by atoms with Crippen LogP contribution in [0.25, 0.3) is 0 Å². The number of sulfone groups is 1. The van der Waals surface area contributed by atoms with Gasteiger partial charge in [0.2, 0.25) is 0 Å². The topological polar surface area (TPSA) is 115 Å². The lowest BCUT2D eigenvalue weighted by Crippen LogP contribution is -2.32. The summed E-state index contributed by atoms with van der Waals surface area (Å²) in [5, 5.41) is 8.48. The molecule has 0 bridgehead atoms. The summed E-state index contributed by atoms with van der Waals surface area (Å²) in [5.41, 5.74) is 2.82. The van der Waals surface area contributed by atoms with Crippen LogP contribution in [-0.4, -0.2) is 52.4 Å². The van der Waals surface area contributed by atoms with Crippen molar-refractivity contribution >= 4 is 38.8 Å². The lowest BCUT2D eigenvalue weighted by Gasteiger charge is -2.24. The first-order valence-electron chi connectivity index (χ1n) is 14.3. The molecule has 9 nitrogen and oxygen atoms in total. The fourth-order valence-corrected chi connectivity index (χ4v) is 5.54. The third-order valence-corrected chi connectivity index (χ3v) is 8.45. The van der Waals surface area contributed by atoms with Crippen molar-refractivity contribution in [3.63, 3.8) is 0 Å². The Morgan fingerprint density at radius 2 is 1.16 bits per heavy atom. The molecule has 4 aromatic carbocycles. The minimum Gasteiger partial charge on any atom is -0.460 e. The maximum Gasteiger partial charge on any atom is 0.338 e. The molecule has 10 heteroatoms. The van der Waals surface area contributed by atoms with Gasteiger partial charge >= 0.3 is 11.9 Å². The van der Waals surface area contributed by atoms with Crippen molar-refractivity contribution in [2.24, 2.45) is 10.2 Å². The van der Waals surface area contributed by atoms with Crippen molar-refractivity contribution in [2.75, 3.05) is 37.0 Å². The van der Waals surface area contributed by atoms with Crippen LogP contribution in [-0.2, 0) is 19.3 Å². The first-order valence-corrected chi connectivity index (χ1v) is 16.0. The van der Waals surface area contributed by atoms with Crippen LogP contribution in [0, 0.1) is 12.3 Å². The number of azo groups is 1. The van der Waals surface area contributed by atoms with Gasteiger partial charge in [0.15, 0.2) is 9.84 Å². The summed E-state index contributed by atoms with van der Waals surface area (Å²) in [5.74, 6) is 1.60. The fourth-order valence-electron chi connectivity index (χ4n) is 4.23. The molecule has 0 atom stereocenters. The zero-order valence-corrected chi connectivity index (χ0v) is 25.4. The minimum atomic E-state index is -3.41. The minimum absolute atomic E-state index is 0.00759. The highest BCUT2D eigenvalue weighted by molar-refractivity contribution is 7.91. The van der Waals surface area contributed by atoms with Crippen LogP contribution in [0.5, 0.6) is 0 Å². The molecule has 0 amide bonds. The first kappa shape index (κ1) is 32.6. The van der Waals surface area contributed by atoms with E-state index in [1.54, 1.807) is 72.8 Å². The Balaban J connectivity index is 1.38. The number of benzene rings is 4. The fraction of sp³-hybridized carbons (Fsp3) is 0.200. The molecule has 230 valence electrons. The molecule has 0 heterocycles. The van der Waals surface area contributed by atoms with Crippen LogP contribution in [0.3, 0.4) is 0 Å². The van der Waals surface area contributed by atoms with Crippen LogP contribution in [0.15, 0.2) is 124 Å². The molecular formula is C35H33N3O6S. The summed E-state index contributed by atoms with van der Waals surface area (Å²) in [7, 11) is -3.41. The van der Waals surface area contributed by atoms with E-state index in [2.05, 4.69) is 16.1 Å². The van der Waals surface area contributed by atoms with E-state index in [9.17, 15) is 18.0 Å². The standard InChI is InChI=1S/C35H33N3O6S/c1-2-3-10-27-45(41,42)33-21-17-31(18-22-33)37-36-30-15-19-32(20-16-30)38(23-25-43-34(39)28-11-6-4-7-12-28)24-26-44-35(40)29-13-8-5-9-14-29/h1,4-9,11-22H,3,10,23-27H2. The van der Waals surface area contributed by atoms with Crippen LogP contribution >= 0.6 is 0 Å². The number of hydrogen-bond acceptors (Lipinski definition) is 9. The second-order valence-electron chi connectivity index (χ2n) is 9.83. The van der Waals surface area contributed by atoms with Gasteiger partial charge in [-0.25, -0.2) is 18.0 Å². The number of unbranched alkanes of at least 4 members (excludes halogenated alkanes) is 1. The maximum absolute atomic E-state index is 12.4. The number of ether oxygens (including phenoxy) is 2. The molecule has 45 heavy (non-hydrogen) atoms. The highest BCUT2D eigenvalue weighted by atomic mass is 32.2. The lowest BCUT2D eigenvalue weighted by atomic mass is 10.2. The van der Waals surface area contributed by atoms with Crippen molar-refractivity contribution in [1.82, 2.24) is 0 Å². The smallest absolute Gasteiger partial charge is 0.338 e. The number of nitrogens with zero attached hydrogens (tertiary/aromatic N) is 3. The van der Waals surface area contributed by atoms with E-state index in [0.717, 1.165) is 5.69 Å². The Morgan fingerprint density at radius 1 is 0.689 bits per heavy atom. The summed E-state index contributed by atoms with van der Waals surface area (Å²) < 4.78 is 35.8. The largest absolute Gasteiger partial charge is 0.460 e. The van der Waals surface area contributed by atoms with E-state index in [4.69, 9.17) is 15.9 Å². The molecule has 4 aromatic rings. The van der Waals surface area contributed by atoms with Gasteiger partial charge in [0.25, 0.3) is 0 Å². The molecule has 0 aliphatic heterocycles. The monoisotopic (exact) mass is 623 g/mol.